The van der Waals surface area contributed by atoms with Crippen LogP contribution in [-0.4, -0.2) is 12.1 Å². The van der Waals surface area contributed by atoms with Crippen LogP contribution in [0.3, 0.4) is 0 Å². The summed E-state index contributed by atoms with van der Waals surface area (Å²) in [6.45, 7) is 0.452. The van der Waals surface area contributed by atoms with Crippen LogP contribution in [0.5, 0.6) is 5.75 Å². The van der Waals surface area contributed by atoms with Gasteiger partial charge in [-0.05, 0) is 39.9 Å². The fourth-order valence-corrected chi connectivity index (χ4v) is 3.53. The van der Waals surface area contributed by atoms with Crippen LogP contribution in [-0.2, 0) is 6.61 Å². The summed E-state index contributed by atoms with van der Waals surface area (Å²) in [6.07, 6.45) is 1.60. The molecule has 0 aliphatic heterocycles. The van der Waals surface area contributed by atoms with Crippen LogP contribution in [0.1, 0.15) is 20.8 Å². The highest BCUT2D eigenvalue weighted by Crippen LogP contribution is 2.22. The Morgan fingerprint density at radius 1 is 0.964 bits per heavy atom. The zero-order chi connectivity index (χ0) is 19.2. The van der Waals surface area contributed by atoms with E-state index in [0.29, 0.717) is 17.2 Å². The van der Waals surface area contributed by atoms with Gasteiger partial charge < -0.3 is 4.74 Å². The topological polar surface area (TPSA) is 50.7 Å². The lowest BCUT2D eigenvalue weighted by Crippen LogP contribution is -2.16. The Morgan fingerprint density at radius 2 is 1.79 bits per heavy atom. The zero-order valence-electron chi connectivity index (χ0n) is 15.0. The van der Waals surface area contributed by atoms with Gasteiger partial charge in [0, 0.05) is 5.56 Å². The van der Waals surface area contributed by atoms with E-state index in [-0.39, 0.29) is 5.91 Å². The molecule has 0 aliphatic carbocycles. The van der Waals surface area contributed by atoms with Crippen LogP contribution in [0.4, 0.5) is 0 Å². The van der Waals surface area contributed by atoms with Gasteiger partial charge in [-0.1, -0.05) is 60.7 Å². The Balaban J connectivity index is 1.47. The van der Waals surface area contributed by atoms with Crippen molar-refractivity contribution in [3.63, 3.8) is 0 Å². The van der Waals surface area contributed by atoms with Gasteiger partial charge in [0.2, 0.25) is 0 Å². The molecular formula is C23H18N2O2S. The number of ether oxygens (including phenoxy) is 1. The molecule has 0 aliphatic rings. The minimum absolute atomic E-state index is 0.222. The SMILES string of the molecule is O=C(N/N=C\c1ccccc1OCc1cccc2ccccc12)c1cccs1. The number of hydrogen-bond acceptors (Lipinski definition) is 4. The third-order valence-electron chi connectivity index (χ3n) is 4.30. The Labute approximate surface area is 167 Å². The van der Waals surface area contributed by atoms with Gasteiger partial charge in [0.15, 0.2) is 0 Å². The lowest BCUT2D eigenvalue weighted by Gasteiger charge is -2.11. The predicted molar refractivity (Wildman–Crippen MR) is 114 cm³/mol. The van der Waals surface area contributed by atoms with Crippen molar-refractivity contribution < 1.29 is 9.53 Å². The first-order chi connectivity index (χ1) is 13.8. The summed E-state index contributed by atoms with van der Waals surface area (Å²) in [5.41, 5.74) is 4.47. The standard InChI is InChI=1S/C23H18N2O2S/c26-23(22-13-6-14-28-22)25-24-15-18-8-2-4-12-21(18)27-16-19-10-5-9-17-7-1-3-11-20(17)19/h1-15H,16H2,(H,25,26)/b24-15-. The maximum Gasteiger partial charge on any atom is 0.281 e. The van der Waals surface area contributed by atoms with E-state index in [2.05, 4.69) is 34.8 Å². The van der Waals surface area contributed by atoms with Crippen molar-refractivity contribution in [1.29, 1.82) is 0 Å². The molecule has 28 heavy (non-hydrogen) atoms. The first kappa shape index (κ1) is 17.9. The fourth-order valence-electron chi connectivity index (χ4n) is 2.92. The summed E-state index contributed by atoms with van der Waals surface area (Å²) in [5, 5.41) is 8.29. The normalized spacial score (nSPS) is 11.0. The van der Waals surface area contributed by atoms with Crippen LogP contribution in [0.15, 0.2) is 89.3 Å². The number of nitrogens with one attached hydrogen (secondary N) is 1. The third kappa shape index (κ3) is 4.10. The van der Waals surface area contributed by atoms with Gasteiger partial charge >= 0.3 is 0 Å². The van der Waals surface area contributed by atoms with E-state index in [1.807, 2.05) is 53.9 Å². The van der Waals surface area contributed by atoms with E-state index in [1.54, 1.807) is 12.3 Å². The van der Waals surface area contributed by atoms with E-state index < -0.39 is 0 Å². The smallest absolute Gasteiger partial charge is 0.281 e. The Morgan fingerprint density at radius 3 is 2.68 bits per heavy atom. The second-order valence-electron chi connectivity index (χ2n) is 6.14. The molecule has 1 aromatic heterocycles. The Hall–Kier alpha value is -3.44. The van der Waals surface area contributed by atoms with Gasteiger partial charge in [-0.2, -0.15) is 5.10 Å². The number of rotatable bonds is 6. The average Bonchev–Trinajstić information content (AvgIpc) is 3.28. The summed E-state index contributed by atoms with van der Waals surface area (Å²) in [4.78, 5) is 12.6. The van der Waals surface area contributed by atoms with Gasteiger partial charge in [0.05, 0.1) is 11.1 Å². The molecule has 1 amide bonds. The second kappa shape index (κ2) is 8.50. The maximum atomic E-state index is 12.0. The first-order valence-corrected chi connectivity index (χ1v) is 9.74. The summed E-state index contributed by atoms with van der Waals surface area (Å²) in [6, 6.07) is 25.7. The van der Waals surface area contributed by atoms with E-state index in [0.717, 1.165) is 11.1 Å². The van der Waals surface area contributed by atoms with Crippen molar-refractivity contribution in [2.45, 2.75) is 6.61 Å². The predicted octanol–water partition coefficient (Wildman–Crippen LogP) is 5.24. The number of thiophene rings is 1. The van der Waals surface area contributed by atoms with Gasteiger partial charge in [-0.15, -0.1) is 11.3 Å². The van der Waals surface area contributed by atoms with E-state index >= 15 is 0 Å². The lowest BCUT2D eigenvalue weighted by atomic mass is 10.1. The number of carbonyl (C=O) groups excluding carboxylic acids is 1. The largest absolute Gasteiger partial charge is 0.488 e. The van der Waals surface area contributed by atoms with Crippen molar-refractivity contribution in [3.8, 4) is 5.75 Å². The maximum absolute atomic E-state index is 12.0. The van der Waals surface area contributed by atoms with Crippen LogP contribution in [0.2, 0.25) is 0 Å². The van der Waals surface area contributed by atoms with Gasteiger partial charge in [-0.3, -0.25) is 4.79 Å². The molecule has 4 rings (SSSR count). The highest BCUT2D eigenvalue weighted by atomic mass is 32.1. The molecule has 0 saturated carbocycles. The van der Waals surface area contributed by atoms with Crippen molar-refractivity contribution in [3.05, 3.63) is 100 Å². The molecule has 4 aromatic rings. The van der Waals surface area contributed by atoms with E-state index in [1.165, 1.54) is 22.1 Å². The number of fused-ring (bicyclic) bond motifs is 1. The quantitative estimate of drug-likeness (QED) is 0.364. The number of para-hydroxylation sites is 1. The highest BCUT2D eigenvalue weighted by molar-refractivity contribution is 7.12. The van der Waals surface area contributed by atoms with Crippen molar-refractivity contribution in [2.24, 2.45) is 5.10 Å². The summed E-state index contributed by atoms with van der Waals surface area (Å²) < 4.78 is 6.06. The Bertz CT molecular complexity index is 1120. The number of hydrogen-bond donors (Lipinski definition) is 1. The molecule has 0 bridgehead atoms. The fraction of sp³-hybridized carbons (Fsp3) is 0.0435. The van der Waals surface area contributed by atoms with Crippen molar-refractivity contribution in [2.75, 3.05) is 0 Å². The zero-order valence-corrected chi connectivity index (χ0v) is 15.9. The molecule has 0 atom stereocenters. The van der Waals surface area contributed by atoms with Gasteiger partial charge in [-0.25, -0.2) is 5.43 Å². The first-order valence-electron chi connectivity index (χ1n) is 8.86. The molecule has 0 unspecified atom stereocenters. The van der Waals surface area contributed by atoms with E-state index in [9.17, 15) is 4.79 Å². The number of benzene rings is 3. The van der Waals surface area contributed by atoms with Crippen molar-refractivity contribution in [1.82, 2.24) is 5.43 Å². The van der Waals surface area contributed by atoms with Gasteiger partial charge in [0.1, 0.15) is 12.4 Å². The molecular weight excluding hydrogens is 368 g/mol. The van der Waals surface area contributed by atoms with Crippen LogP contribution >= 0.6 is 11.3 Å². The molecule has 3 aromatic carbocycles. The molecule has 4 nitrogen and oxygen atoms in total. The van der Waals surface area contributed by atoms with Crippen LogP contribution < -0.4 is 10.2 Å². The molecule has 1 N–H and O–H groups in total. The molecule has 0 fully saturated rings. The lowest BCUT2D eigenvalue weighted by molar-refractivity contribution is 0.0959. The van der Waals surface area contributed by atoms with Crippen LogP contribution in [0.25, 0.3) is 10.8 Å². The highest BCUT2D eigenvalue weighted by Gasteiger charge is 2.06. The summed E-state index contributed by atoms with van der Waals surface area (Å²) in [5.74, 6) is 0.491. The second-order valence-corrected chi connectivity index (χ2v) is 7.09. The number of hydrazone groups is 1. The average molecular weight is 386 g/mol. The van der Waals surface area contributed by atoms with Crippen molar-refractivity contribution >= 4 is 34.2 Å². The number of nitrogens with zero attached hydrogens (tertiary/aromatic N) is 1. The minimum Gasteiger partial charge on any atom is -0.488 e. The minimum atomic E-state index is -0.222. The van der Waals surface area contributed by atoms with Crippen LogP contribution in [0, 0.1) is 0 Å². The summed E-state index contributed by atoms with van der Waals surface area (Å²) in [7, 11) is 0. The van der Waals surface area contributed by atoms with Gasteiger partial charge in [0.25, 0.3) is 5.91 Å². The van der Waals surface area contributed by atoms with E-state index in [4.69, 9.17) is 4.74 Å². The monoisotopic (exact) mass is 386 g/mol. The molecule has 0 radical (unpaired) electrons. The third-order valence-corrected chi connectivity index (χ3v) is 5.17. The molecule has 0 spiro atoms. The Kier molecular flexibility index (Phi) is 5.45. The molecule has 1 heterocycles. The number of amides is 1. The number of carbonyl (C=O) groups is 1. The summed E-state index contributed by atoms with van der Waals surface area (Å²) >= 11 is 1.38. The molecule has 0 saturated heterocycles. The molecule has 138 valence electrons. The molecule has 5 heteroatoms.